The Labute approximate surface area is 173 Å². The molecule has 1 amide bonds. The minimum absolute atomic E-state index is 0.0111. The molecule has 0 spiro atoms. The summed E-state index contributed by atoms with van der Waals surface area (Å²) in [6, 6.07) is 16.3. The van der Waals surface area contributed by atoms with Crippen molar-refractivity contribution < 1.29 is 9.18 Å². The lowest BCUT2D eigenvalue weighted by atomic mass is 10.2. The number of nitrogens with zero attached hydrogens (tertiary/aromatic N) is 5. The summed E-state index contributed by atoms with van der Waals surface area (Å²) < 4.78 is 15.4. The molecular formula is C23H22FN5O. The van der Waals surface area contributed by atoms with E-state index < -0.39 is 0 Å². The number of fused-ring (bicyclic) bond motifs is 2. The van der Waals surface area contributed by atoms with Crippen molar-refractivity contribution in [1.29, 1.82) is 0 Å². The second kappa shape index (κ2) is 7.84. The van der Waals surface area contributed by atoms with Gasteiger partial charge in [0.1, 0.15) is 11.5 Å². The van der Waals surface area contributed by atoms with Crippen LogP contribution in [0.2, 0.25) is 0 Å². The van der Waals surface area contributed by atoms with Gasteiger partial charge in [0.2, 0.25) is 0 Å². The van der Waals surface area contributed by atoms with Crippen molar-refractivity contribution in [3.05, 3.63) is 72.4 Å². The summed E-state index contributed by atoms with van der Waals surface area (Å²) >= 11 is 0. The highest BCUT2D eigenvalue weighted by molar-refractivity contribution is 5.95. The summed E-state index contributed by atoms with van der Waals surface area (Å²) in [5, 5.41) is 1.04. The molecule has 1 saturated heterocycles. The van der Waals surface area contributed by atoms with Crippen LogP contribution in [0.4, 0.5) is 4.39 Å². The first-order valence-electron chi connectivity index (χ1n) is 10.2. The molecule has 6 nitrogen and oxygen atoms in total. The quantitative estimate of drug-likeness (QED) is 0.525. The average Bonchev–Trinajstić information content (AvgIpc) is 3.19. The Balaban J connectivity index is 1.19. The highest BCUT2D eigenvalue weighted by Gasteiger charge is 2.23. The molecule has 7 heteroatoms. The zero-order valence-electron chi connectivity index (χ0n) is 16.5. The maximum atomic E-state index is 13.3. The highest BCUT2D eigenvalue weighted by atomic mass is 19.1. The van der Waals surface area contributed by atoms with Crippen LogP contribution < -0.4 is 0 Å². The zero-order valence-corrected chi connectivity index (χ0v) is 16.5. The van der Waals surface area contributed by atoms with Gasteiger partial charge in [0.25, 0.3) is 5.91 Å². The van der Waals surface area contributed by atoms with Crippen molar-refractivity contribution in [2.75, 3.05) is 32.7 Å². The molecule has 1 fully saturated rings. The van der Waals surface area contributed by atoms with E-state index in [1.807, 2.05) is 45.9 Å². The number of halogens is 1. The van der Waals surface area contributed by atoms with Crippen molar-refractivity contribution in [1.82, 2.24) is 24.3 Å². The molecule has 152 valence electrons. The topological polar surface area (TPSA) is 54.3 Å². The van der Waals surface area contributed by atoms with Gasteiger partial charge in [0.05, 0.1) is 22.9 Å². The van der Waals surface area contributed by atoms with Gasteiger partial charge in [-0.2, -0.15) is 0 Å². The molecule has 2 aromatic heterocycles. The molecule has 3 heterocycles. The van der Waals surface area contributed by atoms with Crippen LogP contribution in [0.5, 0.6) is 0 Å². The van der Waals surface area contributed by atoms with Crippen LogP contribution >= 0.6 is 0 Å². The largest absolute Gasteiger partial charge is 0.335 e. The monoisotopic (exact) mass is 403 g/mol. The van der Waals surface area contributed by atoms with Crippen molar-refractivity contribution in [3.8, 4) is 0 Å². The number of amides is 1. The molecule has 0 atom stereocenters. The SMILES string of the molecule is O=C(c1ccc2ccccc2n1)N1CCN(CCn2cnc3cc(F)ccc32)CC1. The van der Waals surface area contributed by atoms with E-state index in [1.54, 1.807) is 12.4 Å². The van der Waals surface area contributed by atoms with E-state index in [4.69, 9.17) is 0 Å². The van der Waals surface area contributed by atoms with E-state index in [1.165, 1.54) is 12.1 Å². The van der Waals surface area contributed by atoms with E-state index in [0.717, 1.165) is 42.6 Å². The average molecular weight is 403 g/mol. The van der Waals surface area contributed by atoms with E-state index in [9.17, 15) is 9.18 Å². The Morgan fingerprint density at radius 1 is 0.933 bits per heavy atom. The van der Waals surface area contributed by atoms with Crippen molar-refractivity contribution in [2.45, 2.75) is 6.54 Å². The van der Waals surface area contributed by atoms with Crippen LogP contribution in [0.15, 0.2) is 60.9 Å². The molecule has 0 bridgehead atoms. The molecule has 0 N–H and O–H groups in total. The third-order valence-corrected chi connectivity index (χ3v) is 5.72. The highest BCUT2D eigenvalue weighted by Crippen LogP contribution is 2.16. The van der Waals surface area contributed by atoms with Crippen LogP contribution in [0.3, 0.4) is 0 Å². The first kappa shape index (κ1) is 18.7. The number of imidazole rings is 1. The molecule has 30 heavy (non-hydrogen) atoms. The molecule has 0 saturated carbocycles. The first-order valence-corrected chi connectivity index (χ1v) is 10.2. The van der Waals surface area contributed by atoms with Crippen LogP contribution in [0.1, 0.15) is 10.5 Å². The Hall–Kier alpha value is -3.32. The van der Waals surface area contributed by atoms with Crippen LogP contribution in [0.25, 0.3) is 21.9 Å². The smallest absolute Gasteiger partial charge is 0.272 e. The van der Waals surface area contributed by atoms with E-state index >= 15 is 0 Å². The number of aromatic nitrogens is 3. The molecule has 4 aromatic rings. The van der Waals surface area contributed by atoms with Gasteiger partial charge in [0, 0.05) is 50.7 Å². The number of rotatable bonds is 4. The third-order valence-electron chi connectivity index (χ3n) is 5.72. The second-order valence-corrected chi connectivity index (χ2v) is 7.59. The lowest BCUT2D eigenvalue weighted by Crippen LogP contribution is -2.49. The summed E-state index contributed by atoms with van der Waals surface area (Å²) in [4.78, 5) is 25.9. The van der Waals surface area contributed by atoms with E-state index in [-0.39, 0.29) is 11.7 Å². The van der Waals surface area contributed by atoms with Gasteiger partial charge in [-0.25, -0.2) is 14.4 Å². The third kappa shape index (κ3) is 3.64. The summed E-state index contributed by atoms with van der Waals surface area (Å²) in [5.41, 5.74) is 2.95. The maximum Gasteiger partial charge on any atom is 0.272 e. The predicted molar refractivity (Wildman–Crippen MR) is 114 cm³/mol. The van der Waals surface area contributed by atoms with Crippen LogP contribution in [0, 0.1) is 5.82 Å². The summed E-state index contributed by atoms with van der Waals surface area (Å²) in [5.74, 6) is -0.280. The van der Waals surface area contributed by atoms with Gasteiger partial charge < -0.3 is 9.47 Å². The Bertz CT molecular complexity index is 1210. The van der Waals surface area contributed by atoms with Gasteiger partial charge in [0.15, 0.2) is 0 Å². The minimum atomic E-state index is -0.269. The normalized spacial score (nSPS) is 15.2. The molecule has 2 aromatic carbocycles. The lowest BCUT2D eigenvalue weighted by Gasteiger charge is -2.34. The number of carbonyl (C=O) groups is 1. The molecule has 1 aliphatic rings. The molecule has 0 radical (unpaired) electrons. The molecule has 5 rings (SSSR count). The molecule has 0 unspecified atom stereocenters. The summed E-state index contributed by atoms with van der Waals surface area (Å²) in [6.45, 7) is 4.65. The van der Waals surface area contributed by atoms with Gasteiger partial charge in [-0.1, -0.05) is 24.3 Å². The number of pyridine rings is 1. The fourth-order valence-corrected chi connectivity index (χ4v) is 3.99. The summed E-state index contributed by atoms with van der Waals surface area (Å²) in [6.07, 6.45) is 1.76. The van der Waals surface area contributed by atoms with Gasteiger partial charge in [-0.3, -0.25) is 9.69 Å². The first-order chi connectivity index (χ1) is 14.7. The number of carbonyl (C=O) groups excluding carboxylic acids is 1. The Morgan fingerprint density at radius 2 is 1.77 bits per heavy atom. The van der Waals surface area contributed by atoms with E-state index in [2.05, 4.69) is 14.9 Å². The summed E-state index contributed by atoms with van der Waals surface area (Å²) in [7, 11) is 0. The zero-order chi connectivity index (χ0) is 20.5. The fraction of sp³-hybridized carbons (Fsp3) is 0.261. The Kier molecular flexibility index (Phi) is 4.88. The van der Waals surface area contributed by atoms with Crippen LogP contribution in [-0.2, 0) is 6.54 Å². The van der Waals surface area contributed by atoms with Crippen molar-refractivity contribution >= 4 is 27.8 Å². The van der Waals surface area contributed by atoms with Gasteiger partial charge >= 0.3 is 0 Å². The lowest BCUT2D eigenvalue weighted by molar-refractivity contribution is 0.0628. The van der Waals surface area contributed by atoms with Crippen molar-refractivity contribution in [2.24, 2.45) is 0 Å². The second-order valence-electron chi connectivity index (χ2n) is 7.59. The maximum absolute atomic E-state index is 13.3. The number of benzene rings is 2. The number of hydrogen-bond donors (Lipinski definition) is 0. The van der Waals surface area contributed by atoms with Crippen molar-refractivity contribution in [3.63, 3.8) is 0 Å². The van der Waals surface area contributed by atoms with E-state index in [0.29, 0.717) is 24.3 Å². The number of hydrogen-bond acceptors (Lipinski definition) is 4. The predicted octanol–water partition coefficient (Wildman–Crippen LogP) is 3.18. The standard InChI is InChI=1S/C23H22FN5O/c24-18-6-8-22-21(15-18)25-16-29(22)14-11-27-9-12-28(13-10-27)23(30)20-7-5-17-3-1-2-4-19(17)26-20/h1-8,15-16H,9-14H2. The minimum Gasteiger partial charge on any atom is -0.335 e. The number of para-hydroxylation sites is 1. The molecule has 1 aliphatic heterocycles. The van der Waals surface area contributed by atoms with Gasteiger partial charge in [-0.15, -0.1) is 0 Å². The van der Waals surface area contributed by atoms with Crippen LogP contribution in [-0.4, -0.2) is 63.0 Å². The Morgan fingerprint density at radius 3 is 2.63 bits per heavy atom. The number of piperazine rings is 1. The molecular weight excluding hydrogens is 381 g/mol. The van der Waals surface area contributed by atoms with Gasteiger partial charge in [-0.05, 0) is 24.3 Å². The molecule has 0 aliphatic carbocycles. The fourth-order valence-electron chi connectivity index (χ4n) is 3.99.